The lowest BCUT2D eigenvalue weighted by atomic mass is 10.0. The van der Waals surface area contributed by atoms with Crippen molar-refractivity contribution in [2.75, 3.05) is 0 Å². The molecule has 1 saturated heterocycles. The van der Waals surface area contributed by atoms with E-state index in [0.29, 0.717) is 0 Å². The number of ether oxygens (including phenoxy) is 2. The molecular weight excluding hydrogens is 158 g/mol. The number of alkyl halides is 2. The maximum atomic E-state index is 12.7. The molecule has 0 saturated carbocycles. The number of hydrogen-bond acceptors (Lipinski definition) is 3. The van der Waals surface area contributed by atoms with Gasteiger partial charge in [-0.25, -0.2) is 4.79 Å². The monoisotopic (exact) mass is 166 g/mol. The summed E-state index contributed by atoms with van der Waals surface area (Å²) in [5, 5.41) is 0. The molecule has 11 heavy (non-hydrogen) atoms. The van der Waals surface area contributed by atoms with Crippen LogP contribution in [-0.4, -0.2) is 17.9 Å². The van der Waals surface area contributed by atoms with Gasteiger partial charge < -0.3 is 9.47 Å². The predicted octanol–water partition coefficient (Wildman–Crippen LogP) is 1.91. The Kier molecular flexibility index (Phi) is 1.54. The number of rotatable bonds is 1. The van der Waals surface area contributed by atoms with Crippen molar-refractivity contribution in [1.82, 2.24) is 0 Å². The Hall–Kier alpha value is -0.870. The van der Waals surface area contributed by atoms with E-state index in [0.717, 1.165) is 6.92 Å². The van der Waals surface area contributed by atoms with Gasteiger partial charge in [-0.1, -0.05) is 6.92 Å². The Bertz CT molecular complexity index is 192. The molecule has 0 amide bonds. The molecule has 1 aliphatic rings. The van der Waals surface area contributed by atoms with Crippen molar-refractivity contribution in [2.45, 2.75) is 32.0 Å². The van der Waals surface area contributed by atoms with Crippen molar-refractivity contribution in [1.29, 1.82) is 0 Å². The second-order valence-corrected chi connectivity index (χ2v) is 2.56. The summed E-state index contributed by atoms with van der Waals surface area (Å²) in [6, 6.07) is 0. The highest BCUT2D eigenvalue weighted by Crippen LogP contribution is 2.41. The van der Waals surface area contributed by atoms with Gasteiger partial charge in [0.05, 0.1) is 0 Å². The molecular formula is C6H8F2O3. The quantitative estimate of drug-likeness (QED) is 0.558. The van der Waals surface area contributed by atoms with E-state index in [-0.39, 0.29) is 6.42 Å². The van der Waals surface area contributed by atoms with Crippen LogP contribution in [-0.2, 0) is 9.47 Å². The van der Waals surface area contributed by atoms with Gasteiger partial charge in [0.1, 0.15) is 0 Å². The summed E-state index contributed by atoms with van der Waals surface area (Å²) in [7, 11) is 0. The minimum absolute atomic E-state index is 0.0196. The molecule has 5 heteroatoms. The third kappa shape index (κ3) is 1.04. The van der Waals surface area contributed by atoms with Gasteiger partial charge in [-0.2, -0.15) is 8.78 Å². The second kappa shape index (κ2) is 2.06. The number of hydrogen-bond donors (Lipinski definition) is 0. The predicted molar refractivity (Wildman–Crippen MR) is 31.2 cm³/mol. The van der Waals surface area contributed by atoms with Crippen LogP contribution < -0.4 is 0 Å². The first-order valence-corrected chi connectivity index (χ1v) is 3.21. The second-order valence-electron chi connectivity index (χ2n) is 2.56. The van der Waals surface area contributed by atoms with Gasteiger partial charge in [-0.15, -0.1) is 0 Å². The third-order valence-corrected chi connectivity index (χ3v) is 1.81. The van der Waals surface area contributed by atoms with E-state index in [1.165, 1.54) is 6.92 Å². The first-order valence-electron chi connectivity index (χ1n) is 3.21. The minimum Gasteiger partial charge on any atom is -0.417 e. The lowest BCUT2D eigenvalue weighted by molar-refractivity contribution is -0.235. The molecule has 0 bridgehead atoms. The van der Waals surface area contributed by atoms with Gasteiger partial charge in [0, 0.05) is 0 Å². The lowest BCUT2D eigenvalue weighted by Gasteiger charge is -2.22. The molecule has 0 aromatic carbocycles. The van der Waals surface area contributed by atoms with Crippen molar-refractivity contribution in [3.63, 3.8) is 0 Å². The average molecular weight is 166 g/mol. The van der Waals surface area contributed by atoms with Crippen LogP contribution in [0.5, 0.6) is 0 Å². The van der Waals surface area contributed by atoms with Gasteiger partial charge in [0.15, 0.2) is 0 Å². The summed E-state index contributed by atoms with van der Waals surface area (Å²) in [5.41, 5.74) is -1.80. The van der Waals surface area contributed by atoms with Crippen LogP contribution in [0.15, 0.2) is 0 Å². The molecule has 1 heterocycles. The smallest absolute Gasteiger partial charge is 0.417 e. The minimum atomic E-state index is -3.50. The molecule has 0 aliphatic carbocycles. The van der Waals surface area contributed by atoms with Crippen LogP contribution in [0.25, 0.3) is 0 Å². The van der Waals surface area contributed by atoms with Crippen LogP contribution in [0.1, 0.15) is 20.3 Å². The standard InChI is InChI=1S/C6H8F2O3/c1-3-5(2)6(7,8)11-4(9)10-5/h3H2,1-2H3. The van der Waals surface area contributed by atoms with Crippen LogP contribution in [0.2, 0.25) is 0 Å². The molecule has 1 atom stereocenters. The zero-order valence-corrected chi connectivity index (χ0v) is 6.19. The molecule has 1 rings (SSSR count). The number of carbonyl (C=O) groups excluding carboxylic acids is 1. The molecule has 0 radical (unpaired) electrons. The van der Waals surface area contributed by atoms with E-state index >= 15 is 0 Å². The number of cyclic esters (lactones) is 2. The van der Waals surface area contributed by atoms with E-state index in [2.05, 4.69) is 9.47 Å². The normalized spacial score (nSPS) is 34.7. The summed E-state index contributed by atoms with van der Waals surface area (Å²) >= 11 is 0. The molecule has 0 N–H and O–H groups in total. The highest BCUT2D eigenvalue weighted by molar-refractivity contribution is 5.63. The van der Waals surface area contributed by atoms with Crippen LogP contribution in [0, 0.1) is 0 Å². The van der Waals surface area contributed by atoms with Gasteiger partial charge >= 0.3 is 12.3 Å². The zero-order valence-electron chi connectivity index (χ0n) is 6.19. The summed E-state index contributed by atoms with van der Waals surface area (Å²) in [6.45, 7) is 2.63. The SMILES string of the molecule is CCC1(C)OC(=O)OC1(F)F. The van der Waals surface area contributed by atoms with Crippen LogP contribution in [0.4, 0.5) is 13.6 Å². The van der Waals surface area contributed by atoms with E-state index in [4.69, 9.17) is 0 Å². The first-order chi connectivity index (χ1) is 4.91. The molecule has 0 spiro atoms. The van der Waals surface area contributed by atoms with Gasteiger partial charge in [-0.05, 0) is 13.3 Å². The summed E-state index contributed by atoms with van der Waals surface area (Å²) in [5.74, 6) is 0. The van der Waals surface area contributed by atoms with Crippen molar-refractivity contribution in [2.24, 2.45) is 0 Å². The van der Waals surface area contributed by atoms with Gasteiger partial charge in [0.25, 0.3) is 0 Å². The molecule has 0 aromatic heterocycles. The van der Waals surface area contributed by atoms with Crippen molar-refractivity contribution >= 4 is 6.16 Å². The Labute approximate surface area is 62.3 Å². The largest absolute Gasteiger partial charge is 0.514 e. The maximum absolute atomic E-state index is 12.7. The number of carbonyl (C=O) groups is 1. The molecule has 1 unspecified atom stereocenters. The fraction of sp³-hybridized carbons (Fsp3) is 0.833. The van der Waals surface area contributed by atoms with Crippen molar-refractivity contribution in [3.8, 4) is 0 Å². The molecule has 1 fully saturated rings. The van der Waals surface area contributed by atoms with Crippen molar-refractivity contribution in [3.05, 3.63) is 0 Å². The van der Waals surface area contributed by atoms with E-state index in [1.807, 2.05) is 0 Å². The zero-order chi connectivity index (χ0) is 8.70. The fourth-order valence-electron chi connectivity index (χ4n) is 0.755. The van der Waals surface area contributed by atoms with E-state index in [9.17, 15) is 13.6 Å². The lowest BCUT2D eigenvalue weighted by Crippen LogP contribution is -2.41. The average Bonchev–Trinajstić information content (AvgIpc) is 2.03. The summed E-state index contributed by atoms with van der Waals surface area (Å²) < 4.78 is 33.3. The first kappa shape index (κ1) is 8.23. The van der Waals surface area contributed by atoms with E-state index in [1.54, 1.807) is 0 Å². The molecule has 3 nitrogen and oxygen atoms in total. The van der Waals surface area contributed by atoms with Gasteiger partial charge in [-0.3, -0.25) is 0 Å². The Balaban J connectivity index is 2.89. The van der Waals surface area contributed by atoms with E-state index < -0.39 is 17.9 Å². The molecule has 0 aromatic rings. The van der Waals surface area contributed by atoms with Crippen molar-refractivity contribution < 1.29 is 23.0 Å². The third-order valence-electron chi connectivity index (χ3n) is 1.81. The fourth-order valence-corrected chi connectivity index (χ4v) is 0.755. The summed E-state index contributed by atoms with van der Waals surface area (Å²) in [6.07, 6.45) is -4.79. The Morgan fingerprint density at radius 1 is 1.45 bits per heavy atom. The molecule has 1 aliphatic heterocycles. The molecule has 64 valence electrons. The maximum Gasteiger partial charge on any atom is 0.514 e. The Morgan fingerprint density at radius 2 is 2.00 bits per heavy atom. The van der Waals surface area contributed by atoms with Crippen LogP contribution in [0.3, 0.4) is 0 Å². The topological polar surface area (TPSA) is 35.5 Å². The summed E-state index contributed by atoms with van der Waals surface area (Å²) in [4.78, 5) is 10.3. The highest BCUT2D eigenvalue weighted by atomic mass is 19.3. The van der Waals surface area contributed by atoms with Crippen LogP contribution >= 0.6 is 0 Å². The Morgan fingerprint density at radius 3 is 2.18 bits per heavy atom. The number of halogens is 2. The highest BCUT2D eigenvalue weighted by Gasteiger charge is 2.62. The van der Waals surface area contributed by atoms with Gasteiger partial charge in [0.2, 0.25) is 5.60 Å².